The van der Waals surface area contributed by atoms with Gasteiger partial charge in [-0.15, -0.1) is 0 Å². The third-order valence-corrected chi connectivity index (χ3v) is 3.36. The zero-order valence-corrected chi connectivity index (χ0v) is 12.9. The second-order valence-electron chi connectivity index (χ2n) is 4.41. The van der Waals surface area contributed by atoms with Gasteiger partial charge >= 0.3 is 0 Å². The molecule has 0 fully saturated rings. The topological polar surface area (TPSA) is 34.4 Å². The fourth-order valence-electron chi connectivity index (χ4n) is 1.70. The van der Waals surface area contributed by atoms with Crippen LogP contribution in [0.15, 0.2) is 39.2 Å². The molecule has 3 nitrogen and oxygen atoms in total. The van der Waals surface area contributed by atoms with Crippen molar-refractivity contribution in [3.8, 4) is 5.75 Å². The molecule has 0 aliphatic rings. The van der Waals surface area contributed by atoms with Gasteiger partial charge in [-0.2, -0.15) is 0 Å². The molecule has 1 aromatic carbocycles. The number of ether oxygens (including phenoxy) is 1. The van der Waals surface area contributed by atoms with Gasteiger partial charge in [-0.25, -0.2) is 4.39 Å². The molecule has 2 rings (SSSR count). The summed E-state index contributed by atoms with van der Waals surface area (Å²) in [7, 11) is 0. The quantitative estimate of drug-likeness (QED) is 0.764. The lowest BCUT2D eigenvalue weighted by atomic mass is 10.3. The Labute approximate surface area is 126 Å². The third-order valence-electron chi connectivity index (χ3n) is 2.72. The zero-order chi connectivity index (χ0) is 14.4. The van der Waals surface area contributed by atoms with Gasteiger partial charge in [0.15, 0.2) is 0 Å². The molecule has 1 heterocycles. The first kappa shape index (κ1) is 15.1. The van der Waals surface area contributed by atoms with Gasteiger partial charge in [-0.1, -0.05) is 6.92 Å². The van der Waals surface area contributed by atoms with Crippen molar-refractivity contribution >= 4 is 15.9 Å². The summed E-state index contributed by atoms with van der Waals surface area (Å²) in [6.07, 6.45) is 1.09. The Hall–Kier alpha value is -1.33. The molecule has 20 heavy (non-hydrogen) atoms. The third kappa shape index (κ3) is 4.35. The number of halogens is 2. The van der Waals surface area contributed by atoms with E-state index in [-0.39, 0.29) is 12.4 Å². The van der Waals surface area contributed by atoms with Crippen LogP contribution in [0, 0.1) is 5.82 Å². The van der Waals surface area contributed by atoms with Gasteiger partial charge in [0, 0.05) is 6.07 Å². The van der Waals surface area contributed by atoms with Crippen LogP contribution in [0.2, 0.25) is 0 Å². The molecule has 1 N–H and O–H groups in total. The number of benzene rings is 1. The lowest BCUT2D eigenvalue weighted by molar-refractivity contribution is 0.264. The van der Waals surface area contributed by atoms with Crippen molar-refractivity contribution in [3.63, 3.8) is 0 Å². The highest BCUT2D eigenvalue weighted by molar-refractivity contribution is 9.10. The Kier molecular flexibility index (Phi) is 5.61. The van der Waals surface area contributed by atoms with Crippen LogP contribution in [0.5, 0.6) is 5.75 Å². The Morgan fingerprint density at radius 1 is 1.25 bits per heavy atom. The Bertz CT molecular complexity index is 557. The molecule has 0 saturated carbocycles. The number of rotatable bonds is 7. The van der Waals surface area contributed by atoms with Crippen LogP contribution in [-0.4, -0.2) is 6.54 Å². The lowest BCUT2D eigenvalue weighted by Crippen LogP contribution is -2.13. The first-order valence-electron chi connectivity index (χ1n) is 6.55. The molecule has 0 saturated heterocycles. The Morgan fingerprint density at radius 3 is 2.80 bits per heavy atom. The van der Waals surface area contributed by atoms with Crippen molar-refractivity contribution in [3.05, 3.63) is 52.1 Å². The van der Waals surface area contributed by atoms with Crippen LogP contribution in [0.3, 0.4) is 0 Å². The first-order valence-corrected chi connectivity index (χ1v) is 7.34. The van der Waals surface area contributed by atoms with Gasteiger partial charge in [-0.3, -0.25) is 0 Å². The van der Waals surface area contributed by atoms with E-state index < -0.39 is 0 Å². The SMILES string of the molecule is CCCNCc1ccc(COc2ccc(Br)c(F)c2)o1. The largest absolute Gasteiger partial charge is 0.486 e. The van der Waals surface area contributed by atoms with Gasteiger partial charge in [0.25, 0.3) is 0 Å². The molecule has 5 heteroatoms. The molecule has 0 aliphatic heterocycles. The van der Waals surface area contributed by atoms with Crippen LogP contribution < -0.4 is 10.1 Å². The van der Waals surface area contributed by atoms with Gasteiger partial charge < -0.3 is 14.5 Å². The van der Waals surface area contributed by atoms with Crippen LogP contribution >= 0.6 is 15.9 Å². The minimum Gasteiger partial charge on any atom is -0.486 e. The average molecular weight is 342 g/mol. The van der Waals surface area contributed by atoms with Gasteiger partial charge in [0.05, 0.1) is 11.0 Å². The molecule has 108 valence electrons. The molecule has 0 unspecified atom stereocenters. The highest BCUT2D eigenvalue weighted by Crippen LogP contribution is 2.22. The highest BCUT2D eigenvalue weighted by atomic mass is 79.9. The Morgan fingerprint density at radius 2 is 2.05 bits per heavy atom. The zero-order valence-electron chi connectivity index (χ0n) is 11.3. The number of furan rings is 1. The average Bonchev–Trinajstić information content (AvgIpc) is 2.88. The van der Waals surface area contributed by atoms with E-state index >= 15 is 0 Å². The molecule has 0 aliphatic carbocycles. The lowest BCUT2D eigenvalue weighted by Gasteiger charge is -2.05. The number of hydrogen-bond acceptors (Lipinski definition) is 3. The summed E-state index contributed by atoms with van der Waals surface area (Å²) in [6.45, 7) is 4.08. The first-order chi connectivity index (χ1) is 9.69. The van der Waals surface area contributed by atoms with Crippen LogP contribution in [0.4, 0.5) is 4.39 Å². The summed E-state index contributed by atoms with van der Waals surface area (Å²) in [5.74, 6) is 1.74. The minimum absolute atomic E-state index is 0.287. The summed E-state index contributed by atoms with van der Waals surface area (Å²) in [5.41, 5.74) is 0. The molecule has 2 aromatic rings. The van der Waals surface area contributed by atoms with Crippen LogP contribution in [-0.2, 0) is 13.2 Å². The summed E-state index contributed by atoms with van der Waals surface area (Å²) < 4.78 is 24.9. The molecule has 0 amide bonds. The van der Waals surface area contributed by atoms with Gasteiger partial charge in [0.2, 0.25) is 0 Å². The predicted molar refractivity (Wildman–Crippen MR) is 79.1 cm³/mol. The van der Waals surface area contributed by atoms with Crippen molar-refractivity contribution in [2.24, 2.45) is 0 Å². The molecule has 0 atom stereocenters. The highest BCUT2D eigenvalue weighted by Gasteiger charge is 2.05. The van der Waals surface area contributed by atoms with Gasteiger partial charge in [0.1, 0.15) is 29.7 Å². The van der Waals surface area contributed by atoms with E-state index in [0.29, 0.717) is 16.8 Å². The smallest absolute Gasteiger partial charge is 0.146 e. The molecule has 1 aromatic heterocycles. The van der Waals surface area contributed by atoms with Gasteiger partial charge in [-0.05, 0) is 53.2 Å². The molecule has 0 radical (unpaired) electrons. The maximum absolute atomic E-state index is 13.3. The van der Waals surface area contributed by atoms with E-state index in [1.54, 1.807) is 12.1 Å². The summed E-state index contributed by atoms with van der Waals surface area (Å²) in [6, 6.07) is 8.46. The van der Waals surface area contributed by atoms with Crippen LogP contribution in [0.25, 0.3) is 0 Å². The number of nitrogens with one attached hydrogen (secondary N) is 1. The van der Waals surface area contributed by atoms with Crippen molar-refractivity contribution < 1.29 is 13.5 Å². The van der Waals surface area contributed by atoms with E-state index in [1.807, 2.05) is 12.1 Å². The fourth-order valence-corrected chi connectivity index (χ4v) is 1.95. The second kappa shape index (κ2) is 7.45. The molecule has 0 bridgehead atoms. The van der Waals surface area contributed by atoms with Crippen LogP contribution in [0.1, 0.15) is 24.9 Å². The van der Waals surface area contributed by atoms with Crippen molar-refractivity contribution in [1.82, 2.24) is 5.32 Å². The van der Waals surface area contributed by atoms with E-state index in [2.05, 4.69) is 28.2 Å². The van der Waals surface area contributed by atoms with Crippen molar-refractivity contribution in [2.75, 3.05) is 6.54 Å². The summed E-state index contributed by atoms with van der Waals surface area (Å²) >= 11 is 3.10. The van der Waals surface area contributed by atoms with E-state index in [1.165, 1.54) is 6.07 Å². The molecular weight excluding hydrogens is 325 g/mol. The minimum atomic E-state index is -0.341. The van der Waals surface area contributed by atoms with E-state index in [0.717, 1.165) is 24.5 Å². The molecular formula is C15H17BrFNO2. The standard InChI is InChI=1S/C15H17BrFNO2/c1-2-7-18-9-12-3-4-13(20-12)10-19-11-5-6-14(16)15(17)8-11/h3-6,8,18H,2,7,9-10H2,1H3. The van der Waals surface area contributed by atoms with Crippen molar-refractivity contribution in [1.29, 1.82) is 0 Å². The maximum Gasteiger partial charge on any atom is 0.146 e. The normalized spacial score (nSPS) is 10.8. The van der Waals surface area contributed by atoms with Crippen molar-refractivity contribution in [2.45, 2.75) is 26.5 Å². The predicted octanol–water partition coefficient (Wildman–Crippen LogP) is 4.26. The Balaban J connectivity index is 1.85. The van der Waals surface area contributed by atoms with E-state index in [4.69, 9.17) is 9.15 Å². The summed E-state index contributed by atoms with van der Waals surface area (Å²) in [4.78, 5) is 0. The maximum atomic E-state index is 13.3. The fraction of sp³-hybridized carbons (Fsp3) is 0.333. The number of hydrogen-bond donors (Lipinski definition) is 1. The monoisotopic (exact) mass is 341 g/mol. The summed E-state index contributed by atoms with van der Waals surface area (Å²) in [5, 5.41) is 3.26. The van der Waals surface area contributed by atoms with E-state index in [9.17, 15) is 4.39 Å². The second-order valence-corrected chi connectivity index (χ2v) is 5.26. The molecule has 0 spiro atoms.